The summed E-state index contributed by atoms with van der Waals surface area (Å²) in [6.45, 7) is 0. The average Bonchev–Trinajstić information content (AvgIpc) is 2.36. The van der Waals surface area contributed by atoms with Crippen molar-refractivity contribution in [1.29, 1.82) is 0 Å². The van der Waals surface area contributed by atoms with Crippen molar-refractivity contribution in [2.45, 2.75) is 31.3 Å². The second kappa shape index (κ2) is 6.75. The number of carbonyl (C=O) groups is 3. The lowest BCUT2D eigenvalue weighted by Gasteiger charge is -2.28. The molecule has 0 saturated carbocycles. The first-order valence-electron chi connectivity index (χ1n) is 5.82. The average molecular weight is 273 g/mol. The molecule has 1 saturated heterocycles. The van der Waals surface area contributed by atoms with Crippen molar-refractivity contribution in [2.24, 2.45) is 5.73 Å². The Morgan fingerprint density at radius 3 is 2.89 bits per heavy atom. The largest absolute Gasteiger partial charge is 0.343 e. The lowest BCUT2D eigenvalue weighted by molar-refractivity contribution is -0.149. The zero-order chi connectivity index (χ0) is 13.7. The second-order valence-corrected chi connectivity index (χ2v) is 5.26. The van der Waals surface area contributed by atoms with Gasteiger partial charge in [0.25, 0.3) is 5.91 Å². The van der Waals surface area contributed by atoms with Gasteiger partial charge in [0.1, 0.15) is 6.04 Å². The predicted octanol–water partition coefficient (Wildman–Crippen LogP) is -0.670. The molecule has 102 valence electrons. The molecule has 2 atom stereocenters. The summed E-state index contributed by atoms with van der Waals surface area (Å²) >= 11 is 1.61. The first-order valence-corrected chi connectivity index (χ1v) is 7.22. The van der Waals surface area contributed by atoms with E-state index in [4.69, 9.17) is 5.73 Å². The third-order valence-corrected chi connectivity index (χ3v) is 3.58. The molecule has 1 aliphatic heterocycles. The van der Waals surface area contributed by atoms with Gasteiger partial charge in [-0.05, 0) is 24.9 Å². The molecule has 1 aliphatic rings. The van der Waals surface area contributed by atoms with Crippen LogP contribution in [0.2, 0.25) is 0 Å². The Kier molecular flexibility index (Phi) is 5.61. The Morgan fingerprint density at radius 1 is 1.61 bits per heavy atom. The molecule has 0 aromatic rings. The van der Waals surface area contributed by atoms with E-state index in [1.54, 1.807) is 11.8 Å². The number of nitrogens with one attached hydrogen (secondary N) is 1. The molecule has 0 aliphatic carbocycles. The Morgan fingerprint density at radius 2 is 2.28 bits per heavy atom. The lowest BCUT2D eigenvalue weighted by Crippen LogP contribution is -2.55. The van der Waals surface area contributed by atoms with E-state index >= 15 is 0 Å². The number of hydrogen-bond donors (Lipinski definition) is 2. The third kappa shape index (κ3) is 3.71. The van der Waals surface area contributed by atoms with E-state index in [0.29, 0.717) is 12.8 Å². The number of nitrogens with zero attached hydrogens (tertiary/aromatic N) is 1. The van der Waals surface area contributed by atoms with Crippen molar-refractivity contribution >= 4 is 29.5 Å². The molecule has 1 heterocycles. The van der Waals surface area contributed by atoms with Crippen molar-refractivity contribution in [3.8, 4) is 0 Å². The van der Waals surface area contributed by atoms with Crippen LogP contribution in [-0.4, -0.2) is 53.8 Å². The fraction of sp³-hybridized carbons (Fsp3) is 0.727. The molecule has 18 heavy (non-hydrogen) atoms. The molecule has 7 heteroatoms. The quantitative estimate of drug-likeness (QED) is 0.648. The van der Waals surface area contributed by atoms with Gasteiger partial charge in [0.15, 0.2) is 0 Å². The Labute approximate surface area is 111 Å². The van der Waals surface area contributed by atoms with Crippen molar-refractivity contribution in [3.63, 3.8) is 0 Å². The maximum atomic E-state index is 11.8. The van der Waals surface area contributed by atoms with Crippen LogP contribution in [-0.2, 0) is 14.4 Å². The molecular formula is C11H19N3O3S. The van der Waals surface area contributed by atoms with Crippen LogP contribution in [0, 0.1) is 0 Å². The minimum absolute atomic E-state index is 0.211. The smallest absolute Gasteiger partial charge is 0.251 e. The van der Waals surface area contributed by atoms with Gasteiger partial charge in [-0.2, -0.15) is 11.8 Å². The molecule has 0 aromatic heterocycles. The number of amides is 3. The van der Waals surface area contributed by atoms with E-state index in [-0.39, 0.29) is 24.1 Å². The van der Waals surface area contributed by atoms with Gasteiger partial charge in [0, 0.05) is 13.5 Å². The fourth-order valence-electron chi connectivity index (χ4n) is 1.70. The first-order chi connectivity index (χ1) is 8.47. The van der Waals surface area contributed by atoms with E-state index in [1.807, 2.05) is 6.26 Å². The van der Waals surface area contributed by atoms with Gasteiger partial charge in [0.05, 0.1) is 6.04 Å². The highest BCUT2D eigenvalue weighted by Crippen LogP contribution is 2.11. The number of nitrogens with two attached hydrogens (primary N) is 1. The number of carbonyl (C=O) groups excluding carboxylic acids is 3. The molecule has 1 unspecified atom stereocenters. The van der Waals surface area contributed by atoms with Crippen molar-refractivity contribution in [2.75, 3.05) is 19.1 Å². The standard InChI is InChI=1S/C11H19N3O3S/c1-14-9(15)4-3-8(11(14)17)13-10(16)7(12)5-6-18-2/h7-8H,3-6,12H2,1-2H3,(H,13,16)/t7-,8?/m1/s1. The number of piperidine rings is 1. The Hall–Kier alpha value is -1.08. The molecule has 0 bridgehead atoms. The molecule has 6 nitrogen and oxygen atoms in total. The van der Waals surface area contributed by atoms with E-state index in [2.05, 4.69) is 5.32 Å². The van der Waals surface area contributed by atoms with Crippen LogP contribution in [0.25, 0.3) is 0 Å². The topological polar surface area (TPSA) is 92.5 Å². The highest BCUT2D eigenvalue weighted by Gasteiger charge is 2.33. The van der Waals surface area contributed by atoms with Gasteiger partial charge in [-0.25, -0.2) is 0 Å². The second-order valence-electron chi connectivity index (χ2n) is 4.28. The molecule has 0 radical (unpaired) electrons. The zero-order valence-corrected chi connectivity index (χ0v) is 11.5. The van der Waals surface area contributed by atoms with Crippen molar-refractivity contribution in [1.82, 2.24) is 10.2 Å². The SMILES string of the molecule is CSCC[C@@H](N)C(=O)NC1CCC(=O)N(C)C1=O. The van der Waals surface area contributed by atoms with Crippen LogP contribution in [0.1, 0.15) is 19.3 Å². The van der Waals surface area contributed by atoms with Crippen LogP contribution < -0.4 is 11.1 Å². The molecular weight excluding hydrogens is 254 g/mol. The number of rotatable bonds is 5. The maximum Gasteiger partial charge on any atom is 0.251 e. The highest BCUT2D eigenvalue weighted by molar-refractivity contribution is 7.98. The van der Waals surface area contributed by atoms with E-state index in [1.165, 1.54) is 7.05 Å². The summed E-state index contributed by atoms with van der Waals surface area (Å²) in [5, 5.41) is 2.61. The molecule has 0 spiro atoms. The summed E-state index contributed by atoms with van der Waals surface area (Å²) in [4.78, 5) is 35.8. The minimum Gasteiger partial charge on any atom is -0.343 e. The number of hydrogen-bond acceptors (Lipinski definition) is 5. The van der Waals surface area contributed by atoms with E-state index < -0.39 is 12.1 Å². The van der Waals surface area contributed by atoms with Gasteiger partial charge < -0.3 is 11.1 Å². The van der Waals surface area contributed by atoms with Crippen LogP contribution in [0.5, 0.6) is 0 Å². The summed E-state index contributed by atoms with van der Waals surface area (Å²) in [5.41, 5.74) is 5.71. The predicted molar refractivity (Wildman–Crippen MR) is 69.9 cm³/mol. The van der Waals surface area contributed by atoms with Gasteiger partial charge in [-0.15, -0.1) is 0 Å². The van der Waals surface area contributed by atoms with Gasteiger partial charge in [-0.1, -0.05) is 0 Å². The Bertz CT molecular complexity index is 348. The molecule has 1 rings (SSSR count). The van der Waals surface area contributed by atoms with Gasteiger partial charge in [0.2, 0.25) is 11.8 Å². The van der Waals surface area contributed by atoms with Gasteiger partial charge in [-0.3, -0.25) is 19.3 Å². The van der Waals surface area contributed by atoms with Gasteiger partial charge >= 0.3 is 0 Å². The van der Waals surface area contributed by atoms with Crippen LogP contribution in [0.15, 0.2) is 0 Å². The fourth-order valence-corrected chi connectivity index (χ4v) is 2.19. The lowest BCUT2D eigenvalue weighted by atomic mass is 10.0. The van der Waals surface area contributed by atoms with Crippen LogP contribution in [0.3, 0.4) is 0 Å². The van der Waals surface area contributed by atoms with E-state index in [9.17, 15) is 14.4 Å². The number of likely N-dealkylation sites (tertiary alicyclic amines) is 1. The molecule has 1 fully saturated rings. The van der Waals surface area contributed by atoms with E-state index in [0.717, 1.165) is 10.7 Å². The summed E-state index contributed by atoms with van der Waals surface area (Å²) in [7, 11) is 1.43. The summed E-state index contributed by atoms with van der Waals surface area (Å²) < 4.78 is 0. The summed E-state index contributed by atoms with van der Waals surface area (Å²) in [6, 6.07) is -1.23. The summed E-state index contributed by atoms with van der Waals surface area (Å²) in [5.74, 6) is -0.106. The minimum atomic E-state index is -0.625. The normalized spacial score (nSPS) is 21.9. The zero-order valence-electron chi connectivity index (χ0n) is 10.6. The number of likely N-dealkylation sites (N-methyl/N-ethyl adjacent to an activating group) is 1. The Balaban J connectivity index is 2.49. The summed E-state index contributed by atoms with van der Waals surface area (Å²) in [6.07, 6.45) is 3.13. The molecule has 3 amide bonds. The number of imide groups is 1. The monoisotopic (exact) mass is 273 g/mol. The third-order valence-electron chi connectivity index (χ3n) is 2.94. The van der Waals surface area contributed by atoms with Crippen molar-refractivity contribution in [3.05, 3.63) is 0 Å². The molecule has 3 N–H and O–H groups in total. The van der Waals surface area contributed by atoms with Crippen LogP contribution in [0.4, 0.5) is 0 Å². The first kappa shape index (κ1) is 15.0. The van der Waals surface area contributed by atoms with Crippen LogP contribution >= 0.6 is 11.8 Å². The van der Waals surface area contributed by atoms with Crippen molar-refractivity contribution < 1.29 is 14.4 Å². The number of thioether (sulfide) groups is 1. The molecule has 0 aromatic carbocycles. The maximum absolute atomic E-state index is 11.8. The highest BCUT2D eigenvalue weighted by atomic mass is 32.2.